The SMILES string of the molecule is CC(C)Oc1ccc(-c2nc(-c3cccc4c3CCC4NCC(O)CCl)no2)cc1C#N. The molecule has 0 saturated heterocycles. The smallest absolute Gasteiger partial charge is 0.258 e. The second-order valence-electron chi connectivity index (χ2n) is 8.09. The Labute approximate surface area is 192 Å². The number of ether oxygens (including phenoxy) is 1. The van der Waals surface area contributed by atoms with E-state index in [4.69, 9.17) is 20.9 Å². The Hall–Kier alpha value is -2.92. The molecule has 7 nitrogen and oxygen atoms in total. The summed E-state index contributed by atoms with van der Waals surface area (Å²) in [6.07, 6.45) is 1.21. The number of nitrogens with one attached hydrogen (secondary N) is 1. The number of aliphatic hydroxyl groups excluding tert-OH is 1. The summed E-state index contributed by atoms with van der Waals surface area (Å²) in [6.45, 7) is 4.28. The quantitative estimate of drug-likeness (QED) is 0.492. The lowest BCUT2D eigenvalue weighted by Crippen LogP contribution is -2.30. The van der Waals surface area contributed by atoms with E-state index in [0.717, 1.165) is 18.4 Å². The van der Waals surface area contributed by atoms with E-state index >= 15 is 0 Å². The average Bonchev–Trinajstić information content (AvgIpc) is 3.44. The summed E-state index contributed by atoms with van der Waals surface area (Å²) in [6, 6.07) is 13.6. The van der Waals surface area contributed by atoms with Gasteiger partial charge in [0.1, 0.15) is 11.8 Å². The number of halogens is 1. The zero-order valence-corrected chi connectivity index (χ0v) is 18.8. The highest BCUT2D eigenvalue weighted by Gasteiger charge is 2.26. The van der Waals surface area contributed by atoms with E-state index in [0.29, 0.717) is 35.1 Å². The largest absolute Gasteiger partial charge is 0.490 e. The Morgan fingerprint density at radius 3 is 2.94 bits per heavy atom. The van der Waals surface area contributed by atoms with Crippen molar-refractivity contribution in [3.05, 3.63) is 53.1 Å². The Morgan fingerprint density at radius 2 is 2.19 bits per heavy atom. The lowest BCUT2D eigenvalue weighted by molar-refractivity contribution is 0.189. The Balaban J connectivity index is 1.59. The van der Waals surface area contributed by atoms with Crippen molar-refractivity contribution in [2.45, 2.75) is 44.9 Å². The molecule has 2 N–H and O–H groups in total. The maximum absolute atomic E-state index is 9.75. The molecule has 0 bridgehead atoms. The third-order valence-electron chi connectivity index (χ3n) is 5.43. The van der Waals surface area contributed by atoms with Crippen molar-refractivity contribution in [3.63, 3.8) is 0 Å². The van der Waals surface area contributed by atoms with E-state index in [-0.39, 0.29) is 18.0 Å². The summed E-state index contributed by atoms with van der Waals surface area (Å²) in [7, 11) is 0. The van der Waals surface area contributed by atoms with E-state index in [2.05, 4.69) is 27.6 Å². The molecule has 1 aliphatic carbocycles. The average molecular weight is 453 g/mol. The number of nitrogens with zero attached hydrogens (tertiary/aromatic N) is 3. The van der Waals surface area contributed by atoms with Gasteiger partial charge in [-0.3, -0.25) is 0 Å². The Kier molecular flexibility index (Phi) is 6.75. The van der Waals surface area contributed by atoms with Gasteiger partial charge in [-0.1, -0.05) is 23.4 Å². The van der Waals surface area contributed by atoms with Crippen LogP contribution in [0.4, 0.5) is 0 Å². The van der Waals surface area contributed by atoms with Gasteiger partial charge in [0.05, 0.1) is 17.8 Å². The number of nitriles is 1. The highest BCUT2D eigenvalue weighted by molar-refractivity contribution is 6.18. The van der Waals surface area contributed by atoms with Crippen LogP contribution in [0.25, 0.3) is 22.8 Å². The third kappa shape index (κ3) is 4.63. The summed E-state index contributed by atoms with van der Waals surface area (Å²) in [5, 5.41) is 26.8. The van der Waals surface area contributed by atoms with Crippen LogP contribution in [-0.2, 0) is 6.42 Å². The number of benzene rings is 2. The minimum Gasteiger partial charge on any atom is -0.490 e. The predicted molar refractivity (Wildman–Crippen MR) is 121 cm³/mol. The topological polar surface area (TPSA) is 104 Å². The fourth-order valence-electron chi connectivity index (χ4n) is 3.97. The number of hydrogen-bond donors (Lipinski definition) is 2. The van der Waals surface area contributed by atoms with Crippen molar-refractivity contribution >= 4 is 11.6 Å². The lowest BCUT2D eigenvalue weighted by Gasteiger charge is -2.16. The molecule has 32 heavy (non-hydrogen) atoms. The van der Waals surface area contributed by atoms with E-state index in [9.17, 15) is 10.4 Å². The van der Waals surface area contributed by atoms with Crippen LogP contribution in [0.1, 0.15) is 43.0 Å². The molecular formula is C24H25ClN4O3. The van der Waals surface area contributed by atoms with Gasteiger partial charge in [0, 0.05) is 29.6 Å². The number of hydrogen-bond acceptors (Lipinski definition) is 7. The molecule has 0 saturated carbocycles. The van der Waals surface area contributed by atoms with Crippen molar-refractivity contribution in [1.82, 2.24) is 15.5 Å². The predicted octanol–water partition coefficient (Wildman–Crippen LogP) is 4.24. The molecule has 0 aliphatic heterocycles. The highest BCUT2D eigenvalue weighted by atomic mass is 35.5. The molecule has 1 heterocycles. The first-order valence-corrected chi connectivity index (χ1v) is 11.2. The van der Waals surface area contributed by atoms with Gasteiger partial charge in [-0.25, -0.2) is 0 Å². The van der Waals surface area contributed by atoms with Crippen LogP contribution < -0.4 is 10.1 Å². The van der Waals surface area contributed by atoms with Crippen LogP contribution >= 0.6 is 11.6 Å². The van der Waals surface area contributed by atoms with Crippen molar-refractivity contribution in [1.29, 1.82) is 5.26 Å². The van der Waals surface area contributed by atoms with Crippen LogP contribution in [-0.4, -0.2) is 39.9 Å². The summed E-state index contributed by atoms with van der Waals surface area (Å²) < 4.78 is 11.2. The maximum atomic E-state index is 9.75. The second kappa shape index (κ2) is 9.70. The molecule has 2 unspecified atom stereocenters. The highest BCUT2D eigenvalue weighted by Crippen LogP contribution is 2.37. The first kappa shape index (κ1) is 22.3. The monoisotopic (exact) mass is 452 g/mol. The van der Waals surface area contributed by atoms with Crippen LogP contribution in [0.5, 0.6) is 5.75 Å². The first-order valence-electron chi connectivity index (χ1n) is 10.6. The Bertz CT molecular complexity index is 1140. The fraction of sp³-hybridized carbons (Fsp3) is 0.375. The molecular weight excluding hydrogens is 428 g/mol. The van der Waals surface area contributed by atoms with Gasteiger partial charge in [0.15, 0.2) is 0 Å². The zero-order chi connectivity index (χ0) is 22.7. The maximum Gasteiger partial charge on any atom is 0.258 e. The standard InChI is InChI=1S/C24H25ClN4O3/c1-14(2)31-22-9-6-15(10-16(22)12-26)24-28-23(29-32-24)20-5-3-4-19-18(20)7-8-21(19)27-13-17(30)11-25/h3-6,9-10,14,17,21,27,30H,7-8,11,13H2,1-2H3. The van der Waals surface area contributed by atoms with E-state index in [1.54, 1.807) is 12.1 Å². The van der Waals surface area contributed by atoms with Gasteiger partial charge in [0.2, 0.25) is 5.82 Å². The van der Waals surface area contributed by atoms with Crippen LogP contribution in [0, 0.1) is 11.3 Å². The summed E-state index contributed by atoms with van der Waals surface area (Å²) in [5.74, 6) is 1.60. The molecule has 1 aromatic heterocycles. The first-order chi connectivity index (χ1) is 15.5. The number of aliphatic hydroxyl groups is 1. The van der Waals surface area contributed by atoms with Gasteiger partial charge >= 0.3 is 0 Å². The molecule has 2 aromatic carbocycles. The Morgan fingerprint density at radius 1 is 1.34 bits per heavy atom. The van der Waals surface area contributed by atoms with E-state index in [1.807, 2.05) is 32.0 Å². The van der Waals surface area contributed by atoms with Crippen molar-refractivity contribution in [2.24, 2.45) is 0 Å². The molecule has 4 rings (SSSR count). The fourth-order valence-corrected chi connectivity index (χ4v) is 4.08. The van der Waals surface area contributed by atoms with Crippen molar-refractivity contribution in [2.75, 3.05) is 12.4 Å². The van der Waals surface area contributed by atoms with Gasteiger partial charge < -0.3 is 19.7 Å². The minimum atomic E-state index is -0.570. The molecule has 0 radical (unpaired) electrons. The number of rotatable bonds is 8. The van der Waals surface area contributed by atoms with E-state index in [1.165, 1.54) is 11.1 Å². The number of fused-ring (bicyclic) bond motifs is 1. The van der Waals surface area contributed by atoms with E-state index < -0.39 is 6.10 Å². The molecule has 2 atom stereocenters. The molecule has 1 aliphatic rings. The minimum absolute atomic E-state index is 0.0281. The molecule has 0 amide bonds. The van der Waals surface area contributed by atoms with Crippen LogP contribution in [0.3, 0.4) is 0 Å². The molecule has 166 valence electrons. The van der Waals surface area contributed by atoms with Gasteiger partial charge in [0.25, 0.3) is 5.89 Å². The molecule has 8 heteroatoms. The second-order valence-corrected chi connectivity index (χ2v) is 8.40. The number of alkyl halides is 1. The molecule has 3 aromatic rings. The third-order valence-corrected chi connectivity index (χ3v) is 5.78. The summed E-state index contributed by atoms with van der Waals surface area (Å²) in [4.78, 5) is 4.60. The molecule has 0 spiro atoms. The molecule has 0 fully saturated rings. The zero-order valence-electron chi connectivity index (χ0n) is 18.0. The van der Waals surface area contributed by atoms with Gasteiger partial charge in [-0.05, 0) is 56.0 Å². The number of aromatic nitrogens is 2. The summed E-state index contributed by atoms with van der Waals surface area (Å²) in [5.41, 5.74) is 4.37. The van der Waals surface area contributed by atoms with Gasteiger partial charge in [-0.15, -0.1) is 11.6 Å². The van der Waals surface area contributed by atoms with Crippen molar-refractivity contribution < 1.29 is 14.4 Å². The lowest BCUT2D eigenvalue weighted by atomic mass is 10.0. The van der Waals surface area contributed by atoms with Crippen LogP contribution in [0.2, 0.25) is 0 Å². The summed E-state index contributed by atoms with van der Waals surface area (Å²) >= 11 is 5.70. The van der Waals surface area contributed by atoms with Gasteiger partial charge in [-0.2, -0.15) is 10.2 Å². The van der Waals surface area contributed by atoms with Crippen molar-refractivity contribution in [3.8, 4) is 34.7 Å². The van der Waals surface area contributed by atoms with Crippen LogP contribution in [0.15, 0.2) is 40.9 Å². The normalized spacial score (nSPS) is 16.1.